The number of β-amino-alcohol motifs (C(OH)–C–C–N with tert-alkyl or cyclic N) is 1. The minimum atomic E-state index is -0.296. The lowest BCUT2D eigenvalue weighted by atomic mass is 10.2. The Morgan fingerprint density at radius 3 is 2.47 bits per heavy atom. The molecular weight excluding hydrogens is 219 g/mol. The molecule has 0 aliphatic carbocycles. The van der Waals surface area contributed by atoms with Crippen molar-refractivity contribution in [2.45, 2.75) is 13.0 Å². The van der Waals surface area contributed by atoms with Crippen molar-refractivity contribution in [2.24, 2.45) is 0 Å². The van der Waals surface area contributed by atoms with Crippen LogP contribution in [0.5, 0.6) is 0 Å². The van der Waals surface area contributed by atoms with Crippen LogP contribution in [0.15, 0.2) is 24.3 Å². The molecule has 1 aliphatic heterocycles. The molecular formula is C13H19FN2O. The summed E-state index contributed by atoms with van der Waals surface area (Å²) in [6.45, 7) is 5.87. The van der Waals surface area contributed by atoms with E-state index < -0.39 is 0 Å². The van der Waals surface area contributed by atoms with Gasteiger partial charge in [-0.1, -0.05) is 12.1 Å². The maximum Gasteiger partial charge on any atom is 0.146 e. The van der Waals surface area contributed by atoms with E-state index in [9.17, 15) is 9.50 Å². The zero-order valence-corrected chi connectivity index (χ0v) is 10.1. The molecule has 94 valence electrons. The molecule has 0 saturated carbocycles. The van der Waals surface area contributed by atoms with Gasteiger partial charge in [0.15, 0.2) is 0 Å². The number of nitrogens with zero attached hydrogens (tertiary/aromatic N) is 2. The van der Waals surface area contributed by atoms with Gasteiger partial charge in [-0.25, -0.2) is 4.39 Å². The van der Waals surface area contributed by atoms with Crippen molar-refractivity contribution in [3.63, 3.8) is 0 Å². The van der Waals surface area contributed by atoms with Crippen LogP contribution in [0.25, 0.3) is 0 Å². The van der Waals surface area contributed by atoms with E-state index in [1.54, 1.807) is 13.0 Å². The lowest BCUT2D eigenvalue weighted by molar-refractivity contribution is 0.122. The van der Waals surface area contributed by atoms with Crippen molar-refractivity contribution in [1.29, 1.82) is 0 Å². The zero-order chi connectivity index (χ0) is 12.3. The molecule has 4 heteroatoms. The van der Waals surface area contributed by atoms with Gasteiger partial charge in [-0.2, -0.15) is 0 Å². The van der Waals surface area contributed by atoms with Crippen LogP contribution < -0.4 is 4.90 Å². The molecule has 1 fully saturated rings. The Kier molecular flexibility index (Phi) is 3.97. The number of hydrogen-bond acceptors (Lipinski definition) is 3. The van der Waals surface area contributed by atoms with Gasteiger partial charge in [0.25, 0.3) is 0 Å². The lowest BCUT2D eigenvalue weighted by Crippen LogP contribution is -2.48. The molecule has 1 saturated heterocycles. The second-order valence-corrected chi connectivity index (χ2v) is 4.59. The summed E-state index contributed by atoms with van der Waals surface area (Å²) in [7, 11) is 0. The quantitative estimate of drug-likeness (QED) is 0.860. The summed E-state index contributed by atoms with van der Waals surface area (Å²) in [5, 5.41) is 9.32. The molecule has 1 atom stereocenters. The van der Waals surface area contributed by atoms with E-state index in [1.165, 1.54) is 6.07 Å². The monoisotopic (exact) mass is 238 g/mol. The van der Waals surface area contributed by atoms with Gasteiger partial charge in [-0.15, -0.1) is 0 Å². The third-order valence-corrected chi connectivity index (χ3v) is 3.09. The summed E-state index contributed by atoms with van der Waals surface area (Å²) in [6.07, 6.45) is -0.296. The number of rotatable bonds is 3. The average molecular weight is 238 g/mol. The highest BCUT2D eigenvalue weighted by Crippen LogP contribution is 2.19. The molecule has 1 N–H and O–H groups in total. The molecule has 0 spiro atoms. The summed E-state index contributed by atoms with van der Waals surface area (Å²) in [4.78, 5) is 4.27. The van der Waals surface area contributed by atoms with Crippen LogP contribution in [0, 0.1) is 5.82 Å². The van der Waals surface area contributed by atoms with Crippen LogP contribution in [-0.2, 0) is 0 Å². The van der Waals surface area contributed by atoms with E-state index in [-0.39, 0.29) is 11.9 Å². The summed E-state index contributed by atoms with van der Waals surface area (Å²) in [5.74, 6) is -0.156. The lowest BCUT2D eigenvalue weighted by Gasteiger charge is -2.36. The first kappa shape index (κ1) is 12.3. The van der Waals surface area contributed by atoms with E-state index in [1.807, 2.05) is 12.1 Å². The normalized spacial score (nSPS) is 19.4. The number of aliphatic hydroxyl groups excluding tert-OH is 1. The van der Waals surface area contributed by atoms with Crippen LogP contribution in [0.3, 0.4) is 0 Å². The van der Waals surface area contributed by atoms with E-state index in [2.05, 4.69) is 9.80 Å². The predicted octanol–water partition coefficient (Wildman–Crippen LogP) is 1.33. The van der Waals surface area contributed by atoms with Crippen molar-refractivity contribution >= 4 is 5.69 Å². The number of benzene rings is 1. The number of para-hydroxylation sites is 1. The number of halogens is 1. The largest absolute Gasteiger partial charge is 0.392 e. The molecule has 0 aromatic heterocycles. The van der Waals surface area contributed by atoms with E-state index >= 15 is 0 Å². The van der Waals surface area contributed by atoms with Crippen molar-refractivity contribution in [1.82, 2.24) is 4.90 Å². The van der Waals surface area contributed by atoms with Crippen LogP contribution in [0.4, 0.5) is 10.1 Å². The fraction of sp³-hybridized carbons (Fsp3) is 0.538. The first-order valence-electron chi connectivity index (χ1n) is 6.06. The fourth-order valence-corrected chi connectivity index (χ4v) is 2.25. The van der Waals surface area contributed by atoms with Gasteiger partial charge in [0, 0.05) is 32.7 Å². The topological polar surface area (TPSA) is 26.7 Å². The van der Waals surface area contributed by atoms with Gasteiger partial charge >= 0.3 is 0 Å². The Morgan fingerprint density at radius 1 is 1.24 bits per heavy atom. The van der Waals surface area contributed by atoms with Crippen molar-refractivity contribution in [3.8, 4) is 0 Å². The second kappa shape index (κ2) is 5.47. The zero-order valence-electron chi connectivity index (χ0n) is 10.1. The Morgan fingerprint density at radius 2 is 1.88 bits per heavy atom. The third kappa shape index (κ3) is 3.17. The van der Waals surface area contributed by atoms with Crippen LogP contribution in [0.2, 0.25) is 0 Å². The average Bonchev–Trinajstić information content (AvgIpc) is 2.30. The molecule has 2 rings (SSSR count). The molecule has 1 heterocycles. The number of piperazine rings is 1. The van der Waals surface area contributed by atoms with Gasteiger partial charge in [0.1, 0.15) is 5.82 Å². The van der Waals surface area contributed by atoms with Crippen molar-refractivity contribution in [3.05, 3.63) is 30.1 Å². The summed E-state index contributed by atoms with van der Waals surface area (Å²) < 4.78 is 13.6. The van der Waals surface area contributed by atoms with Gasteiger partial charge in [0.2, 0.25) is 0 Å². The minimum Gasteiger partial charge on any atom is -0.392 e. The van der Waals surface area contributed by atoms with Gasteiger partial charge in [-0.3, -0.25) is 4.90 Å². The van der Waals surface area contributed by atoms with Crippen LogP contribution in [0.1, 0.15) is 6.92 Å². The number of aliphatic hydroxyl groups is 1. The second-order valence-electron chi connectivity index (χ2n) is 4.59. The fourth-order valence-electron chi connectivity index (χ4n) is 2.25. The molecule has 1 aromatic carbocycles. The van der Waals surface area contributed by atoms with Gasteiger partial charge in [-0.05, 0) is 19.1 Å². The Labute approximate surface area is 101 Å². The first-order valence-corrected chi connectivity index (χ1v) is 6.06. The maximum absolute atomic E-state index is 13.6. The molecule has 0 unspecified atom stereocenters. The molecule has 17 heavy (non-hydrogen) atoms. The van der Waals surface area contributed by atoms with Gasteiger partial charge in [0.05, 0.1) is 11.8 Å². The highest BCUT2D eigenvalue weighted by atomic mass is 19.1. The van der Waals surface area contributed by atoms with Gasteiger partial charge < -0.3 is 10.0 Å². The van der Waals surface area contributed by atoms with E-state index in [0.29, 0.717) is 12.2 Å². The summed E-state index contributed by atoms with van der Waals surface area (Å²) >= 11 is 0. The highest BCUT2D eigenvalue weighted by molar-refractivity contribution is 5.47. The Bertz CT molecular complexity index is 362. The third-order valence-electron chi connectivity index (χ3n) is 3.09. The molecule has 0 radical (unpaired) electrons. The maximum atomic E-state index is 13.6. The molecule has 0 bridgehead atoms. The van der Waals surface area contributed by atoms with Crippen LogP contribution in [-0.4, -0.2) is 48.8 Å². The molecule has 1 aliphatic rings. The summed E-state index contributed by atoms with van der Waals surface area (Å²) in [5.41, 5.74) is 0.684. The molecule has 3 nitrogen and oxygen atoms in total. The Balaban J connectivity index is 1.93. The predicted molar refractivity (Wildman–Crippen MR) is 66.7 cm³/mol. The van der Waals surface area contributed by atoms with Crippen molar-refractivity contribution < 1.29 is 9.50 Å². The van der Waals surface area contributed by atoms with Crippen molar-refractivity contribution in [2.75, 3.05) is 37.6 Å². The van der Waals surface area contributed by atoms with E-state index in [0.717, 1.165) is 26.2 Å². The summed E-state index contributed by atoms with van der Waals surface area (Å²) in [6, 6.07) is 6.89. The molecule has 0 amide bonds. The SMILES string of the molecule is C[C@H](O)CN1CCN(c2ccccc2F)CC1. The Hall–Kier alpha value is -1.13. The minimum absolute atomic E-state index is 0.156. The molecule has 1 aromatic rings. The number of hydrogen-bond donors (Lipinski definition) is 1. The van der Waals surface area contributed by atoms with E-state index in [4.69, 9.17) is 0 Å². The smallest absolute Gasteiger partial charge is 0.146 e. The standard InChI is InChI=1S/C13H19FN2O/c1-11(17)10-15-6-8-16(9-7-15)13-5-3-2-4-12(13)14/h2-5,11,17H,6-10H2,1H3/t11-/m0/s1. The highest BCUT2D eigenvalue weighted by Gasteiger charge is 2.19. The number of anilines is 1. The van der Waals surface area contributed by atoms with Crippen LogP contribution >= 0.6 is 0 Å². The first-order chi connectivity index (χ1) is 8.16.